The number of aromatic nitrogens is 2. The van der Waals surface area contributed by atoms with E-state index in [1.165, 1.54) is 0 Å². The van der Waals surface area contributed by atoms with Crippen LogP contribution in [0.2, 0.25) is 5.02 Å². The summed E-state index contributed by atoms with van der Waals surface area (Å²) in [5.41, 5.74) is 1.21. The molecule has 1 aliphatic heterocycles. The van der Waals surface area contributed by atoms with Crippen molar-refractivity contribution in [2.45, 2.75) is 18.9 Å². The third-order valence-electron chi connectivity index (χ3n) is 3.69. The van der Waals surface area contributed by atoms with E-state index in [1.807, 2.05) is 0 Å². The van der Waals surface area contributed by atoms with Gasteiger partial charge in [0.2, 0.25) is 5.58 Å². The van der Waals surface area contributed by atoms with E-state index < -0.39 is 0 Å². The Morgan fingerprint density at radius 2 is 2.30 bits per heavy atom. The van der Waals surface area contributed by atoms with Gasteiger partial charge in [-0.3, -0.25) is 4.79 Å². The Balaban J connectivity index is 2.03. The van der Waals surface area contributed by atoms with Gasteiger partial charge < -0.3 is 14.7 Å². The fraction of sp³-hybridized carbons (Fsp3) is 0.286. The Labute approximate surface area is 118 Å². The highest BCUT2D eigenvalue weighted by Crippen LogP contribution is 2.29. The molecule has 20 heavy (non-hydrogen) atoms. The second-order valence-corrected chi connectivity index (χ2v) is 5.46. The molecule has 1 unspecified atom stereocenters. The molecule has 0 saturated carbocycles. The average Bonchev–Trinajstić information content (AvgIpc) is 3.06. The van der Waals surface area contributed by atoms with E-state index in [0.717, 1.165) is 24.8 Å². The first-order valence-corrected chi connectivity index (χ1v) is 6.95. The van der Waals surface area contributed by atoms with Crippen LogP contribution in [0.15, 0.2) is 27.4 Å². The molecule has 4 rings (SSSR count). The quantitative estimate of drug-likeness (QED) is 0.722. The zero-order valence-electron chi connectivity index (χ0n) is 10.6. The summed E-state index contributed by atoms with van der Waals surface area (Å²) >= 11 is 6.01. The second kappa shape index (κ2) is 4.33. The second-order valence-electron chi connectivity index (χ2n) is 5.02. The van der Waals surface area contributed by atoms with Crippen LogP contribution in [0.3, 0.4) is 0 Å². The molecule has 3 heterocycles. The van der Waals surface area contributed by atoms with Gasteiger partial charge in [0.25, 0.3) is 5.56 Å². The lowest BCUT2D eigenvalue weighted by Crippen LogP contribution is -2.20. The maximum Gasteiger partial charge on any atom is 0.294 e. The molecule has 0 bridgehead atoms. The molecule has 1 aromatic carbocycles. The number of hydrogen-bond acceptors (Lipinski definition) is 4. The van der Waals surface area contributed by atoms with Crippen LogP contribution in [0.5, 0.6) is 0 Å². The van der Waals surface area contributed by atoms with Crippen LogP contribution in [0, 0.1) is 0 Å². The summed E-state index contributed by atoms with van der Waals surface area (Å²) in [5.74, 6) is 0.669. The molecule has 0 spiro atoms. The maximum atomic E-state index is 12.2. The summed E-state index contributed by atoms with van der Waals surface area (Å²) in [4.78, 5) is 19.5. The van der Waals surface area contributed by atoms with E-state index in [9.17, 15) is 4.79 Å². The minimum Gasteiger partial charge on any atom is -0.449 e. The van der Waals surface area contributed by atoms with Gasteiger partial charge in [0.05, 0.1) is 6.04 Å². The lowest BCUT2D eigenvalue weighted by atomic mass is 10.2. The Kier molecular flexibility index (Phi) is 2.58. The summed E-state index contributed by atoms with van der Waals surface area (Å²) in [7, 11) is 0. The minimum absolute atomic E-state index is 0.108. The molecule has 3 aromatic rings. The highest BCUT2D eigenvalue weighted by atomic mass is 35.5. The van der Waals surface area contributed by atoms with E-state index in [-0.39, 0.29) is 17.2 Å². The topological polar surface area (TPSA) is 70.9 Å². The predicted molar refractivity (Wildman–Crippen MR) is 77.1 cm³/mol. The van der Waals surface area contributed by atoms with Crippen LogP contribution in [0.4, 0.5) is 0 Å². The molecule has 1 fully saturated rings. The smallest absolute Gasteiger partial charge is 0.294 e. The van der Waals surface area contributed by atoms with Crippen molar-refractivity contribution >= 4 is 33.7 Å². The number of benzene rings is 1. The van der Waals surface area contributed by atoms with Crippen molar-refractivity contribution in [1.82, 2.24) is 15.3 Å². The summed E-state index contributed by atoms with van der Waals surface area (Å²) < 4.78 is 5.57. The Hall–Kier alpha value is -1.85. The maximum absolute atomic E-state index is 12.2. The van der Waals surface area contributed by atoms with E-state index in [0.29, 0.717) is 21.9 Å². The van der Waals surface area contributed by atoms with E-state index >= 15 is 0 Å². The largest absolute Gasteiger partial charge is 0.449 e. The van der Waals surface area contributed by atoms with E-state index in [4.69, 9.17) is 16.0 Å². The zero-order valence-corrected chi connectivity index (χ0v) is 11.3. The van der Waals surface area contributed by atoms with E-state index in [2.05, 4.69) is 15.3 Å². The van der Waals surface area contributed by atoms with Gasteiger partial charge >= 0.3 is 0 Å². The number of hydrogen-bond donors (Lipinski definition) is 2. The van der Waals surface area contributed by atoms with Gasteiger partial charge in [-0.2, -0.15) is 0 Å². The van der Waals surface area contributed by atoms with Crippen LogP contribution in [-0.2, 0) is 0 Å². The molecule has 0 amide bonds. The standard InChI is InChI=1S/C14H12ClN3O2/c15-7-3-4-10-8(6-7)11-12(20-10)14(19)18-13(17-11)9-2-1-5-16-9/h3-4,6,9,16H,1-2,5H2,(H,17,18,19). The molecule has 1 saturated heterocycles. The number of aromatic amines is 1. The highest BCUT2D eigenvalue weighted by molar-refractivity contribution is 6.31. The van der Waals surface area contributed by atoms with Crippen LogP contribution in [0.1, 0.15) is 24.7 Å². The van der Waals surface area contributed by atoms with Crippen LogP contribution in [0.25, 0.3) is 22.1 Å². The molecule has 2 N–H and O–H groups in total. The molecule has 0 radical (unpaired) electrons. The highest BCUT2D eigenvalue weighted by Gasteiger charge is 2.21. The number of halogens is 1. The number of nitrogens with zero attached hydrogens (tertiary/aromatic N) is 1. The van der Waals surface area contributed by atoms with Crippen molar-refractivity contribution in [3.05, 3.63) is 39.4 Å². The molecule has 2 aromatic heterocycles. The van der Waals surface area contributed by atoms with Crippen molar-refractivity contribution < 1.29 is 4.42 Å². The monoisotopic (exact) mass is 289 g/mol. The Morgan fingerprint density at radius 3 is 3.10 bits per heavy atom. The number of nitrogens with one attached hydrogen (secondary N) is 2. The lowest BCUT2D eigenvalue weighted by Gasteiger charge is -2.08. The molecule has 6 heteroatoms. The van der Waals surface area contributed by atoms with Crippen molar-refractivity contribution in [1.29, 1.82) is 0 Å². The van der Waals surface area contributed by atoms with Gasteiger partial charge in [0.15, 0.2) is 0 Å². The lowest BCUT2D eigenvalue weighted by molar-refractivity contribution is 0.600. The van der Waals surface area contributed by atoms with Crippen molar-refractivity contribution in [2.75, 3.05) is 6.54 Å². The van der Waals surface area contributed by atoms with Crippen LogP contribution >= 0.6 is 11.6 Å². The zero-order chi connectivity index (χ0) is 13.7. The molecule has 102 valence electrons. The first-order valence-electron chi connectivity index (χ1n) is 6.58. The Bertz CT molecular complexity index is 862. The normalized spacial score (nSPS) is 19.1. The fourth-order valence-corrected chi connectivity index (χ4v) is 2.90. The van der Waals surface area contributed by atoms with Gasteiger partial charge in [0.1, 0.15) is 16.9 Å². The molecular weight excluding hydrogens is 278 g/mol. The molecule has 1 atom stereocenters. The predicted octanol–water partition coefficient (Wildman–Crippen LogP) is 2.75. The number of rotatable bonds is 1. The van der Waals surface area contributed by atoms with Crippen molar-refractivity contribution in [2.24, 2.45) is 0 Å². The van der Waals surface area contributed by atoms with Crippen LogP contribution < -0.4 is 10.9 Å². The first-order chi connectivity index (χ1) is 9.72. The SMILES string of the molecule is O=c1[nH]c(C2CCCN2)nc2c1oc1ccc(Cl)cc12. The van der Waals surface area contributed by atoms with Gasteiger partial charge in [-0.15, -0.1) is 0 Å². The molecule has 0 aliphatic carbocycles. The summed E-state index contributed by atoms with van der Waals surface area (Å²) in [6.45, 7) is 0.949. The van der Waals surface area contributed by atoms with Crippen LogP contribution in [-0.4, -0.2) is 16.5 Å². The van der Waals surface area contributed by atoms with Gasteiger partial charge in [-0.05, 0) is 37.6 Å². The molecular formula is C14H12ClN3O2. The fourth-order valence-electron chi connectivity index (χ4n) is 2.73. The summed E-state index contributed by atoms with van der Waals surface area (Å²) in [6, 6.07) is 5.38. The third kappa shape index (κ3) is 1.74. The number of H-pyrrole nitrogens is 1. The van der Waals surface area contributed by atoms with Crippen molar-refractivity contribution in [3.63, 3.8) is 0 Å². The number of fused-ring (bicyclic) bond motifs is 3. The average molecular weight is 290 g/mol. The Morgan fingerprint density at radius 1 is 1.40 bits per heavy atom. The molecule has 5 nitrogen and oxygen atoms in total. The van der Waals surface area contributed by atoms with Gasteiger partial charge in [0, 0.05) is 10.4 Å². The third-order valence-corrected chi connectivity index (χ3v) is 3.93. The minimum atomic E-state index is -0.244. The molecule has 1 aliphatic rings. The van der Waals surface area contributed by atoms with Gasteiger partial charge in [-0.25, -0.2) is 4.98 Å². The summed E-state index contributed by atoms with van der Waals surface area (Å²) in [5, 5.41) is 4.70. The van der Waals surface area contributed by atoms with Gasteiger partial charge in [-0.1, -0.05) is 11.6 Å². The van der Waals surface area contributed by atoms with Crippen molar-refractivity contribution in [3.8, 4) is 0 Å². The first kappa shape index (κ1) is 11.9. The van der Waals surface area contributed by atoms with E-state index in [1.54, 1.807) is 18.2 Å². The number of furan rings is 1. The summed E-state index contributed by atoms with van der Waals surface area (Å²) in [6.07, 6.45) is 2.06.